The SMILES string of the molecule is [2H]c1c(C(=O)O)c2cc(C)ccc2n1CC. The number of carboxylic acids is 1. The summed E-state index contributed by atoms with van der Waals surface area (Å²) in [6, 6.07) is 5.63. The quantitative estimate of drug-likeness (QED) is 0.817. The second kappa shape index (κ2) is 3.42. The van der Waals surface area contributed by atoms with E-state index in [2.05, 4.69) is 0 Å². The van der Waals surface area contributed by atoms with E-state index in [-0.39, 0.29) is 11.7 Å². The Bertz CT molecular complexity index is 572. The molecule has 1 aromatic carbocycles. The largest absolute Gasteiger partial charge is 0.478 e. The predicted molar refractivity (Wildman–Crippen MR) is 59.3 cm³/mol. The van der Waals surface area contributed by atoms with E-state index in [4.69, 9.17) is 6.48 Å². The minimum absolute atomic E-state index is 0.0793. The third-order valence-corrected chi connectivity index (χ3v) is 2.49. The van der Waals surface area contributed by atoms with E-state index in [0.717, 1.165) is 11.1 Å². The lowest BCUT2D eigenvalue weighted by molar-refractivity contribution is 0.0699. The number of rotatable bonds is 2. The molecule has 2 aromatic rings. The number of carboxylic acid groups (broad SMARTS) is 1. The number of nitrogens with zero attached hydrogens (tertiary/aromatic N) is 1. The van der Waals surface area contributed by atoms with Gasteiger partial charge in [-0.15, -0.1) is 0 Å². The summed E-state index contributed by atoms with van der Waals surface area (Å²) >= 11 is 0. The van der Waals surface area contributed by atoms with Crippen LogP contribution in [0.15, 0.2) is 24.4 Å². The number of fused-ring (bicyclic) bond motifs is 1. The average Bonchev–Trinajstić information content (AvgIpc) is 2.48. The topological polar surface area (TPSA) is 42.2 Å². The molecule has 3 heteroatoms. The second-order valence-corrected chi connectivity index (χ2v) is 3.56. The number of aromatic nitrogens is 1. The Balaban J connectivity index is 2.92. The average molecular weight is 204 g/mol. The van der Waals surface area contributed by atoms with Gasteiger partial charge in [-0.3, -0.25) is 0 Å². The highest BCUT2D eigenvalue weighted by Gasteiger charge is 2.12. The third kappa shape index (κ3) is 1.50. The van der Waals surface area contributed by atoms with Crippen molar-refractivity contribution in [2.75, 3.05) is 0 Å². The van der Waals surface area contributed by atoms with Crippen LogP contribution in [-0.4, -0.2) is 15.6 Å². The van der Waals surface area contributed by atoms with E-state index in [0.29, 0.717) is 11.9 Å². The molecule has 0 aliphatic heterocycles. The summed E-state index contributed by atoms with van der Waals surface area (Å²) in [5, 5.41) is 9.78. The highest BCUT2D eigenvalue weighted by atomic mass is 16.4. The highest BCUT2D eigenvalue weighted by Crippen LogP contribution is 2.22. The summed E-state index contributed by atoms with van der Waals surface area (Å²) in [7, 11) is 0. The fourth-order valence-corrected chi connectivity index (χ4v) is 1.75. The van der Waals surface area contributed by atoms with Crippen molar-refractivity contribution in [1.29, 1.82) is 0 Å². The zero-order chi connectivity index (χ0) is 11.9. The summed E-state index contributed by atoms with van der Waals surface area (Å²) in [5.41, 5.74) is 1.92. The summed E-state index contributed by atoms with van der Waals surface area (Å²) < 4.78 is 9.56. The first-order chi connectivity index (χ1) is 7.56. The van der Waals surface area contributed by atoms with E-state index in [9.17, 15) is 4.79 Å². The summed E-state index contributed by atoms with van der Waals surface area (Å²) in [5.74, 6) is -1.03. The van der Waals surface area contributed by atoms with Crippen LogP contribution >= 0.6 is 0 Å². The van der Waals surface area contributed by atoms with Crippen LogP contribution in [0.3, 0.4) is 0 Å². The molecular formula is C12H13NO2. The first kappa shape index (κ1) is 8.53. The zero-order valence-electron chi connectivity index (χ0n) is 9.74. The van der Waals surface area contributed by atoms with Gasteiger partial charge in [0.25, 0.3) is 0 Å². The van der Waals surface area contributed by atoms with Gasteiger partial charge in [0.1, 0.15) is 0 Å². The number of aryl methyl sites for hydroxylation is 2. The van der Waals surface area contributed by atoms with E-state index < -0.39 is 5.97 Å². The second-order valence-electron chi connectivity index (χ2n) is 3.56. The van der Waals surface area contributed by atoms with Gasteiger partial charge in [0.05, 0.1) is 6.93 Å². The molecule has 0 saturated carbocycles. The summed E-state index contributed by atoms with van der Waals surface area (Å²) in [6.07, 6.45) is 0.0793. The molecule has 1 N–H and O–H groups in total. The summed E-state index contributed by atoms with van der Waals surface area (Å²) in [4.78, 5) is 11.1. The van der Waals surface area contributed by atoms with Crippen molar-refractivity contribution in [3.63, 3.8) is 0 Å². The fraction of sp³-hybridized carbons (Fsp3) is 0.250. The molecule has 0 spiro atoms. The van der Waals surface area contributed by atoms with Crippen LogP contribution in [-0.2, 0) is 6.54 Å². The molecule has 0 atom stereocenters. The van der Waals surface area contributed by atoms with Crippen LogP contribution in [0, 0.1) is 6.92 Å². The molecule has 0 aliphatic carbocycles. The number of carbonyl (C=O) groups is 1. The maximum Gasteiger partial charge on any atom is 0.337 e. The Morgan fingerprint density at radius 3 is 2.93 bits per heavy atom. The van der Waals surface area contributed by atoms with Gasteiger partial charge < -0.3 is 9.67 Å². The minimum atomic E-state index is -1.03. The fourth-order valence-electron chi connectivity index (χ4n) is 1.75. The van der Waals surface area contributed by atoms with E-state index in [1.165, 1.54) is 0 Å². The van der Waals surface area contributed by atoms with Crippen molar-refractivity contribution in [2.45, 2.75) is 20.4 Å². The van der Waals surface area contributed by atoms with Crippen molar-refractivity contribution < 1.29 is 11.3 Å². The van der Waals surface area contributed by atoms with Crippen molar-refractivity contribution in [2.24, 2.45) is 0 Å². The Hall–Kier alpha value is -1.77. The van der Waals surface area contributed by atoms with Crippen molar-refractivity contribution in [3.05, 3.63) is 35.5 Å². The van der Waals surface area contributed by atoms with Crippen molar-refractivity contribution >= 4 is 16.9 Å². The normalized spacial score (nSPS) is 11.7. The van der Waals surface area contributed by atoms with Crippen molar-refractivity contribution in [3.8, 4) is 0 Å². The van der Waals surface area contributed by atoms with Gasteiger partial charge >= 0.3 is 5.97 Å². The lowest BCUT2D eigenvalue weighted by atomic mass is 10.1. The molecule has 0 aliphatic rings. The molecule has 78 valence electrons. The monoisotopic (exact) mass is 204 g/mol. The molecule has 0 unspecified atom stereocenters. The van der Waals surface area contributed by atoms with Crippen molar-refractivity contribution in [1.82, 2.24) is 4.57 Å². The molecule has 2 rings (SSSR count). The molecule has 0 radical (unpaired) electrons. The van der Waals surface area contributed by atoms with Crippen LogP contribution < -0.4 is 0 Å². The molecule has 15 heavy (non-hydrogen) atoms. The van der Waals surface area contributed by atoms with Gasteiger partial charge in [-0.1, -0.05) is 11.6 Å². The molecular weight excluding hydrogens is 190 g/mol. The predicted octanol–water partition coefficient (Wildman–Crippen LogP) is 2.67. The molecule has 0 saturated heterocycles. The van der Waals surface area contributed by atoms with E-state index in [1.807, 2.05) is 32.0 Å². The third-order valence-electron chi connectivity index (χ3n) is 2.49. The Morgan fingerprint density at radius 1 is 1.60 bits per heavy atom. The minimum Gasteiger partial charge on any atom is -0.478 e. The zero-order valence-corrected chi connectivity index (χ0v) is 8.74. The number of benzene rings is 1. The van der Waals surface area contributed by atoms with Crippen LogP contribution in [0.2, 0.25) is 0 Å². The van der Waals surface area contributed by atoms with Crippen LogP contribution in [0.4, 0.5) is 0 Å². The first-order valence-electron chi connectivity index (χ1n) is 5.39. The highest BCUT2D eigenvalue weighted by molar-refractivity contribution is 6.03. The van der Waals surface area contributed by atoms with Crippen LogP contribution in [0.1, 0.15) is 24.2 Å². The Morgan fingerprint density at radius 2 is 2.33 bits per heavy atom. The van der Waals surface area contributed by atoms with E-state index in [1.54, 1.807) is 4.57 Å². The number of aromatic carboxylic acids is 1. The standard InChI is InChI=1S/C12H13NO2/c1-3-13-7-10(12(14)15)9-6-8(2)4-5-11(9)13/h4-7H,3H2,1-2H3,(H,14,15)/i7D. The van der Waals surface area contributed by atoms with Gasteiger partial charge in [0.15, 0.2) is 0 Å². The van der Waals surface area contributed by atoms with Gasteiger partial charge in [-0.25, -0.2) is 4.79 Å². The van der Waals surface area contributed by atoms with Crippen LogP contribution in [0.5, 0.6) is 0 Å². The molecule has 0 fully saturated rings. The van der Waals surface area contributed by atoms with Gasteiger partial charge in [0, 0.05) is 23.6 Å². The van der Waals surface area contributed by atoms with Crippen LogP contribution in [0.25, 0.3) is 10.9 Å². The molecule has 1 heterocycles. The number of hydrogen-bond donors (Lipinski definition) is 1. The maximum atomic E-state index is 11.1. The summed E-state index contributed by atoms with van der Waals surface area (Å²) in [6.45, 7) is 4.42. The molecule has 0 amide bonds. The lowest BCUT2D eigenvalue weighted by Crippen LogP contribution is -1.94. The smallest absolute Gasteiger partial charge is 0.337 e. The lowest BCUT2D eigenvalue weighted by Gasteiger charge is -1.99. The molecule has 0 bridgehead atoms. The van der Waals surface area contributed by atoms with Gasteiger partial charge in [-0.05, 0) is 26.0 Å². The maximum absolute atomic E-state index is 11.1. The Kier molecular flexibility index (Phi) is 1.95. The number of hydrogen-bond acceptors (Lipinski definition) is 1. The van der Waals surface area contributed by atoms with Gasteiger partial charge in [-0.2, -0.15) is 0 Å². The first-order valence-corrected chi connectivity index (χ1v) is 4.89. The van der Waals surface area contributed by atoms with E-state index >= 15 is 0 Å². The van der Waals surface area contributed by atoms with Gasteiger partial charge in [0.2, 0.25) is 0 Å². The molecule has 3 nitrogen and oxygen atoms in total. The molecule has 1 aromatic heterocycles. The Labute approximate surface area is 89.4 Å².